The van der Waals surface area contributed by atoms with Gasteiger partial charge in [0.1, 0.15) is 5.75 Å². The van der Waals surface area contributed by atoms with Gasteiger partial charge in [0.25, 0.3) is 0 Å². The lowest BCUT2D eigenvalue weighted by Gasteiger charge is -2.26. The van der Waals surface area contributed by atoms with Gasteiger partial charge in [0.05, 0.1) is 7.11 Å². The molecule has 1 saturated carbocycles. The first kappa shape index (κ1) is 14.7. The van der Waals surface area contributed by atoms with Crippen molar-refractivity contribution in [2.75, 3.05) is 14.2 Å². The molecule has 1 aliphatic rings. The average Bonchev–Trinajstić information content (AvgIpc) is 2.93. The number of hydrogen-bond acceptors (Lipinski definition) is 3. The molecule has 2 unspecified atom stereocenters. The van der Waals surface area contributed by atoms with Crippen molar-refractivity contribution < 1.29 is 4.74 Å². The largest absolute Gasteiger partial charge is 0.497 e. The quantitative estimate of drug-likeness (QED) is 0.850. The monoisotopic (exact) mass is 279 g/mol. The molecule has 1 aromatic rings. The van der Waals surface area contributed by atoms with Crippen LogP contribution in [0, 0.1) is 0 Å². The van der Waals surface area contributed by atoms with E-state index >= 15 is 0 Å². The van der Waals surface area contributed by atoms with Crippen molar-refractivity contribution in [3.63, 3.8) is 0 Å². The molecule has 3 heteroatoms. The van der Waals surface area contributed by atoms with Crippen molar-refractivity contribution in [1.29, 1.82) is 0 Å². The van der Waals surface area contributed by atoms with Gasteiger partial charge in [-0.2, -0.15) is 11.8 Å². The van der Waals surface area contributed by atoms with Crippen molar-refractivity contribution in [2.24, 2.45) is 0 Å². The number of hydrogen-bond donors (Lipinski definition) is 1. The van der Waals surface area contributed by atoms with Gasteiger partial charge in [-0.05, 0) is 37.6 Å². The van der Waals surface area contributed by atoms with Crippen LogP contribution in [0.1, 0.15) is 44.2 Å². The van der Waals surface area contributed by atoms with E-state index in [0.29, 0.717) is 11.3 Å². The molecule has 2 nitrogen and oxygen atoms in total. The first-order valence-corrected chi connectivity index (χ1v) is 8.15. The summed E-state index contributed by atoms with van der Waals surface area (Å²) in [6, 6.07) is 8.85. The summed E-state index contributed by atoms with van der Waals surface area (Å²) in [5.74, 6) is 0.926. The topological polar surface area (TPSA) is 21.3 Å². The van der Waals surface area contributed by atoms with Gasteiger partial charge in [0, 0.05) is 16.5 Å². The Morgan fingerprint density at radius 1 is 1.21 bits per heavy atom. The second-order valence-electron chi connectivity index (χ2n) is 5.29. The molecule has 2 rings (SSSR count). The fourth-order valence-electron chi connectivity index (χ4n) is 2.89. The van der Waals surface area contributed by atoms with Crippen LogP contribution >= 0.6 is 11.8 Å². The maximum Gasteiger partial charge on any atom is 0.118 e. The van der Waals surface area contributed by atoms with E-state index in [9.17, 15) is 0 Å². The highest BCUT2D eigenvalue weighted by molar-refractivity contribution is 8.00. The normalized spacial score (nSPS) is 19.3. The zero-order valence-corrected chi connectivity index (χ0v) is 13.0. The van der Waals surface area contributed by atoms with Gasteiger partial charge >= 0.3 is 0 Å². The number of thioether (sulfide) groups is 1. The molecule has 0 heterocycles. The van der Waals surface area contributed by atoms with Crippen molar-refractivity contribution in [3.8, 4) is 5.75 Å². The van der Waals surface area contributed by atoms with Crippen LogP contribution in [0.3, 0.4) is 0 Å². The van der Waals surface area contributed by atoms with Gasteiger partial charge in [-0.3, -0.25) is 0 Å². The Morgan fingerprint density at radius 2 is 1.84 bits per heavy atom. The third-order valence-corrected chi connectivity index (χ3v) is 5.52. The Balaban J connectivity index is 2.00. The second kappa shape index (κ2) is 7.20. The van der Waals surface area contributed by atoms with Crippen molar-refractivity contribution in [1.82, 2.24) is 5.32 Å². The summed E-state index contributed by atoms with van der Waals surface area (Å²) in [5.41, 5.74) is 1.35. The van der Waals surface area contributed by atoms with Gasteiger partial charge in [-0.15, -0.1) is 0 Å². The highest BCUT2D eigenvalue weighted by atomic mass is 32.2. The molecule has 1 aliphatic carbocycles. The van der Waals surface area contributed by atoms with Gasteiger partial charge in [-0.1, -0.05) is 31.9 Å². The summed E-state index contributed by atoms with van der Waals surface area (Å²) in [5, 5.41) is 4.93. The Morgan fingerprint density at radius 3 is 2.37 bits per heavy atom. The van der Waals surface area contributed by atoms with E-state index in [0.717, 1.165) is 11.0 Å². The van der Waals surface area contributed by atoms with E-state index in [1.807, 2.05) is 12.1 Å². The zero-order chi connectivity index (χ0) is 13.7. The predicted molar refractivity (Wildman–Crippen MR) is 84.1 cm³/mol. The smallest absolute Gasteiger partial charge is 0.118 e. The van der Waals surface area contributed by atoms with Crippen molar-refractivity contribution in [2.45, 2.75) is 49.1 Å². The van der Waals surface area contributed by atoms with Crippen LogP contribution in [0.5, 0.6) is 5.75 Å². The van der Waals surface area contributed by atoms with E-state index in [4.69, 9.17) is 4.74 Å². The summed E-state index contributed by atoms with van der Waals surface area (Å²) in [4.78, 5) is 0. The summed E-state index contributed by atoms with van der Waals surface area (Å²) in [6.45, 7) is 2.34. The molecule has 0 radical (unpaired) electrons. The summed E-state index contributed by atoms with van der Waals surface area (Å²) in [6.07, 6.45) is 5.62. The third-order valence-electron chi connectivity index (χ3n) is 3.96. The lowest BCUT2D eigenvalue weighted by atomic mass is 10.0. The van der Waals surface area contributed by atoms with Crippen LogP contribution in [0.4, 0.5) is 0 Å². The van der Waals surface area contributed by atoms with Crippen molar-refractivity contribution in [3.05, 3.63) is 29.8 Å². The first-order valence-electron chi connectivity index (χ1n) is 7.21. The Labute approximate surface area is 121 Å². The van der Waals surface area contributed by atoms with Crippen LogP contribution in [0.2, 0.25) is 0 Å². The molecular formula is C16H25NOS. The van der Waals surface area contributed by atoms with E-state index < -0.39 is 0 Å². The minimum Gasteiger partial charge on any atom is -0.497 e. The maximum atomic E-state index is 5.23. The number of rotatable bonds is 6. The predicted octanol–water partition coefficient (Wildman–Crippen LogP) is 4.02. The molecular weight excluding hydrogens is 254 g/mol. The van der Waals surface area contributed by atoms with Crippen LogP contribution in [0.15, 0.2) is 24.3 Å². The first-order chi connectivity index (χ1) is 9.24. The van der Waals surface area contributed by atoms with Crippen LogP contribution in [-0.4, -0.2) is 24.7 Å². The number of ether oxygens (including phenoxy) is 1. The zero-order valence-electron chi connectivity index (χ0n) is 12.2. The van der Waals surface area contributed by atoms with Crippen LogP contribution in [0.25, 0.3) is 0 Å². The summed E-state index contributed by atoms with van der Waals surface area (Å²) in [7, 11) is 3.77. The molecule has 106 valence electrons. The minimum absolute atomic E-state index is 0.413. The van der Waals surface area contributed by atoms with E-state index in [1.54, 1.807) is 7.11 Å². The van der Waals surface area contributed by atoms with E-state index in [1.165, 1.54) is 31.2 Å². The molecule has 0 spiro atoms. The molecule has 1 aromatic carbocycles. The molecule has 0 bridgehead atoms. The molecule has 0 aromatic heterocycles. The molecule has 2 atom stereocenters. The Hall–Kier alpha value is -0.670. The summed E-state index contributed by atoms with van der Waals surface area (Å²) >= 11 is 2.15. The second-order valence-corrected chi connectivity index (χ2v) is 6.97. The van der Waals surface area contributed by atoms with E-state index in [-0.39, 0.29) is 0 Å². The molecule has 0 aliphatic heterocycles. The SMILES string of the molecule is CNC(c1ccc(OC)cc1)C(C)SC1CCCC1. The average molecular weight is 279 g/mol. The van der Waals surface area contributed by atoms with Gasteiger partial charge < -0.3 is 10.1 Å². The lowest BCUT2D eigenvalue weighted by Crippen LogP contribution is -2.26. The molecule has 0 amide bonds. The standard InChI is InChI=1S/C16H25NOS/c1-12(19-15-6-4-5-7-15)16(17-2)13-8-10-14(18-3)11-9-13/h8-12,15-17H,4-7H2,1-3H3. The fraction of sp³-hybridized carbons (Fsp3) is 0.625. The minimum atomic E-state index is 0.413. The van der Waals surface area contributed by atoms with Crippen LogP contribution in [-0.2, 0) is 0 Å². The Bertz CT molecular complexity index is 373. The number of methoxy groups -OCH3 is 1. The maximum absolute atomic E-state index is 5.23. The third kappa shape index (κ3) is 3.90. The number of nitrogens with one attached hydrogen (secondary N) is 1. The summed E-state index contributed by atoms with van der Waals surface area (Å²) < 4.78 is 5.23. The van der Waals surface area contributed by atoms with Gasteiger partial charge in [0.2, 0.25) is 0 Å². The molecule has 0 saturated heterocycles. The Kier molecular flexibility index (Phi) is 5.59. The molecule has 1 N–H and O–H groups in total. The van der Waals surface area contributed by atoms with Crippen LogP contribution < -0.4 is 10.1 Å². The van der Waals surface area contributed by atoms with Crippen molar-refractivity contribution >= 4 is 11.8 Å². The fourth-order valence-corrected chi connectivity index (χ4v) is 4.55. The highest BCUT2D eigenvalue weighted by Gasteiger charge is 2.24. The number of benzene rings is 1. The van der Waals surface area contributed by atoms with E-state index in [2.05, 4.69) is 43.2 Å². The van der Waals surface area contributed by atoms with Gasteiger partial charge in [-0.25, -0.2) is 0 Å². The molecule has 1 fully saturated rings. The highest BCUT2D eigenvalue weighted by Crippen LogP contribution is 2.36. The van der Waals surface area contributed by atoms with Gasteiger partial charge in [0.15, 0.2) is 0 Å². The lowest BCUT2D eigenvalue weighted by molar-refractivity contribution is 0.414. The molecule has 19 heavy (non-hydrogen) atoms.